The van der Waals surface area contributed by atoms with Crippen LogP contribution < -0.4 is 0 Å². The summed E-state index contributed by atoms with van der Waals surface area (Å²) in [5, 5.41) is 0. The van der Waals surface area contributed by atoms with Crippen LogP contribution in [0.2, 0.25) is 0 Å². The van der Waals surface area contributed by atoms with Crippen LogP contribution in [0.25, 0.3) is 0 Å². The molecule has 5 nitrogen and oxygen atoms in total. The van der Waals surface area contributed by atoms with Crippen molar-refractivity contribution in [2.75, 3.05) is 20.3 Å². The second-order valence-electron chi connectivity index (χ2n) is 4.20. The Morgan fingerprint density at radius 2 is 2.12 bits per heavy atom. The number of hydrogen-bond acceptors (Lipinski definition) is 4. The molecule has 1 amide bonds. The summed E-state index contributed by atoms with van der Waals surface area (Å²) in [6.07, 6.45) is 3.95. The molecule has 17 heavy (non-hydrogen) atoms. The summed E-state index contributed by atoms with van der Waals surface area (Å²) in [6, 6.07) is -0.470. The quantitative estimate of drug-likeness (QED) is 0.559. The monoisotopic (exact) mass is 243 g/mol. The lowest BCUT2D eigenvalue weighted by Gasteiger charge is -2.32. The summed E-state index contributed by atoms with van der Waals surface area (Å²) in [4.78, 5) is 24.8. The smallest absolute Gasteiger partial charge is 0.410 e. The van der Waals surface area contributed by atoms with Gasteiger partial charge in [0.2, 0.25) is 0 Å². The first kappa shape index (κ1) is 13.8. The maximum atomic E-state index is 11.8. The molecule has 1 atom stereocenters. The molecular formula is C12H21NO4. The number of hydrogen-bond donors (Lipinski definition) is 0. The molecule has 1 heterocycles. The number of amides is 1. The largest absolute Gasteiger partial charge is 0.467 e. The molecular weight excluding hydrogens is 222 g/mol. The lowest BCUT2D eigenvalue weighted by Crippen LogP contribution is -2.48. The molecule has 1 fully saturated rings. The fourth-order valence-corrected chi connectivity index (χ4v) is 1.92. The van der Waals surface area contributed by atoms with E-state index in [2.05, 4.69) is 0 Å². The van der Waals surface area contributed by atoms with E-state index in [4.69, 9.17) is 9.47 Å². The first-order valence-electron chi connectivity index (χ1n) is 6.22. The third-order valence-electron chi connectivity index (χ3n) is 2.93. The molecule has 0 aliphatic carbocycles. The highest BCUT2D eigenvalue weighted by Crippen LogP contribution is 2.19. The number of likely N-dealkylation sites (tertiary alicyclic amines) is 1. The van der Waals surface area contributed by atoms with Crippen molar-refractivity contribution in [1.29, 1.82) is 0 Å². The number of methoxy groups -OCH3 is 1. The molecule has 1 rings (SSSR count). The number of piperidine rings is 1. The Morgan fingerprint density at radius 3 is 2.76 bits per heavy atom. The highest BCUT2D eigenvalue weighted by molar-refractivity contribution is 5.81. The van der Waals surface area contributed by atoms with Gasteiger partial charge in [0.25, 0.3) is 0 Å². The Labute approximate surface area is 102 Å². The predicted octanol–water partition coefficient (Wildman–Crippen LogP) is 1.95. The van der Waals surface area contributed by atoms with E-state index in [-0.39, 0.29) is 5.97 Å². The van der Waals surface area contributed by atoms with E-state index in [9.17, 15) is 9.59 Å². The molecule has 0 aromatic rings. The van der Waals surface area contributed by atoms with Gasteiger partial charge >= 0.3 is 12.1 Å². The molecule has 0 N–H and O–H groups in total. The van der Waals surface area contributed by atoms with Crippen molar-refractivity contribution in [1.82, 2.24) is 4.90 Å². The van der Waals surface area contributed by atoms with Gasteiger partial charge in [0.15, 0.2) is 0 Å². The highest BCUT2D eigenvalue weighted by Gasteiger charge is 2.33. The van der Waals surface area contributed by atoms with Crippen molar-refractivity contribution in [3.05, 3.63) is 0 Å². The Balaban J connectivity index is 2.52. The van der Waals surface area contributed by atoms with E-state index >= 15 is 0 Å². The molecule has 0 unspecified atom stereocenters. The third kappa shape index (κ3) is 3.91. The zero-order valence-corrected chi connectivity index (χ0v) is 10.6. The molecule has 1 saturated heterocycles. The van der Waals surface area contributed by atoms with Gasteiger partial charge in [-0.25, -0.2) is 9.59 Å². The zero-order chi connectivity index (χ0) is 12.7. The summed E-state index contributed by atoms with van der Waals surface area (Å²) >= 11 is 0. The van der Waals surface area contributed by atoms with Gasteiger partial charge in [-0.15, -0.1) is 0 Å². The highest BCUT2D eigenvalue weighted by atomic mass is 16.6. The molecule has 0 saturated carbocycles. The third-order valence-corrected chi connectivity index (χ3v) is 2.93. The van der Waals surface area contributed by atoms with Crippen LogP contribution in [-0.2, 0) is 14.3 Å². The van der Waals surface area contributed by atoms with Crippen molar-refractivity contribution in [2.24, 2.45) is 0 Å². The number of unbranched alkanes of at least 4 members (excludes halogenated alkanes) is 1. The summed E-state index contributed by atoms with van der Waals surface area (Å²) in [5.74, 6) is -0.350. The number of esters is 1. The van der Waals surface area contributed by atoms with Gasteiger partial charge in [0.1, 0.15) is 6.04 Å². The van der Waals surface area contributed by atoms with E-state index in [1.165, 1.54) is 12.0 Å². The number of rotatable bonds is 4. The van der Waals surface area contributed by atoms with Gasteiger partial charge in [-0.2, -0.15) is 0 Å². The Hall–Kier alpha value is -1.26. The van der Waals surface area contributed by atoms with Crippen molar-refractivity contribution in [3.8, 4) is 0 Å². The van der Waals surface area contributed by atoms with Crippen LogP contribution >= 0.6 is 0 Å². The molecule has 1 aliphatic heterocycles. The Kier molecular flexibility index (Phi) is 5.80. The van der Waals surface area contributed by atoms with Crippen molar-refractivity contribution in [2.45, 2.75) is 45.1 Å². The zero-order valence-electron chi connectivity index (χ0n) is 10.6. The second-order valence-corrected chi connectivity index (χ2v) is 4.20. The topological polar surface area (TPSA) is 55.8 Å². The van der Waals surface area contributed by atoms with Gasteiger partial charge in [0, 0.05) is 6.54 Å². The minimum absolute atomic E-state index is 0.350. The summed E-state index contributed by atoms with van der Waals surface area (Å²) in [5.41, 5.74) is 0. The summed E-state index contributed by atoms with van der Waals surface area (Å²) in [7, 11) is 1.34. The Morgan fingerprint density at radius 1 is 1.35 bits per heavy atom. The van der Waals surface area contributed by atoms with Crippen molar-refractivity contribution < 1.29 is 19.1 Å². The minimum atomic E-state index is -0.470. The van der Waals surface area contributed by atoms with E-state index in [0.717, 1.165) is 25.7 Å². The first-order valence-corrected chi connectivity index (χ1v) is 6.22. The lowest BCUT2D eigenvalue weighted by molar-refractivity contribution is -0.147. The van der Waals surface area contributed by atoms with Crippen molar-refractivity contribution >= 4 is 12.1 Å². The van der Waals surface area contributed by atoms with Crippen LogP contribution in [0.4, 0.5) is 4.79 Å². The van der Waals surface area contributed by atoms with Crippen LogP contribution in [0.3, 0.4) is 0 Å². The number of ether oxygens (including phenoxy) is 2. The SMILES string of the molecule is CCCCOC(=O)N1CCCC[C@H]1C(=O)OC. The second kappa shape index (κ2) is 7.14. The van der Waals surface area contributed by atoms with E-state index < -0.39 is 12.1 Å². The summed E-state index contributed by atoms with van der Waals surface area (Å²) in [6.45, 7) is 3.02. The molecule has 0 aromatic carbocycles. The molecule has 98 valence electrons. The van der Waals surface area contributed by atoms with E-state index in [1.807, 2.05) is 6.92 Å². The molecule has 0 aromatic heterocycles. The average Bonchev–Trinajstić information content (AvgIpc) is 2.38. The van der Waals surface area contributed by atoms with Crippen LogP contribution in [0.5, 0.6) is 0 Å². The summed E-state index contributed by atoms with van der Waals surface area (Å²) < 4.78 is 9.83. The van der Waals surface area contributed by atoms with E-state index in [1.54, 1.807) is 0 Å². The molecule has 5 heteroatoms. The number of nitrogens with zero attached hydrogens (tertiary/aromatic N) is 1. The van der Waals surface area contributed by atoms with Crippen LogP contribution in [0.1, 0.15) is 39.0 Å². The van der Waals surface area contributed by atoms with Gasteiger partial charge in [-0.05, 0) is 25.7 Å². The van der Waals surface area contributed by atoms with Crippen LogP contribution in [0, 0.1) is 0 Å². The number of carbonyl (C=O) groups is 2. The van der Waals surface area contributed by atoms with Gasteiger partial charge < -0.3 is 9.47 Å². The number of carbonyl (C=O) groups excluding carboxylic acids is 2. The fourth-order valence-electron chi connectivity index (χ4n) is 1.92. The standard InChI is InChI=1S/C12H21NO4/c1-3-4-9-17-12(15)13-8-6-5-7-10(13)11(14)16-2/h10H,3-9H2,1-2H3/t10-/m0/s1. The van der Waals surface area contributed by atoms with Gasteiger partial charge in [0.05, 0.1) is 13.7 Å². The maximum absolute atomic E-state index is 11.8. The van der Waals surface area contributed by atoms with E-state index in [0.29, 0.717) is 19.6 Å². The molecule has 1 aliphatic rings. The lowest BCUT2D eigenvalue weighted by atomic mass is 10.0. The van der Waals surface area contributed by atoms with Crippen LogP contribution in [0.15, 0.2) is 0 Å². The van der Waals surface area contributed by atoms with Gasteiger partial charge in [-0.1, -0.05) is 13.3 Å². The van der Waals surface area contributed by atoms with Crippen molar-refractivity contribution in [3.63, 3.8) is 0 Å². The maximum Gasteiger partial charge on any atom is 0.410 e. The molecule has 0 radical (unpaired) electrons. The first-order chi connectivity index (χ1) is 8.20. The van der Waals surface area contributed by atoms with Crippen LogP contribution in [-0.4, -0.2) is 43.3 Å². The normalized spacial score (nSPS) is 19.9. The van der Waals surface area contributed by atoms with Gasteiger partial charge in [-0.3, -0.25) is 4.90 Å². The predicted molar refractivity (Wildman–Crippen MR) is 62.6 cm³/mol. The minimum Gasteiger partial charge on any atom is -0.467 e. The molecule has 0 spiro atoms. The Bertz CT molecular complexity index is 267. The fraction of sp³-hybridized carbons (Fsp3) is 0.833. The molecule has 0 bridgehead atoms. The average molecular weight is 243 g/mol.